The fourth-order valence-corrected chi connectivity index (χ4v) is 2.37. The maximum atomic E-state index is 13.6. The van der Waals surface area contributed by atoms with Crippen LogP contribution in [0.25, 0.3) is 0 Å². The van der Waals surface area contributed by atoms with Crippen LogP contribution in [-0.2, 0) is 6.18 Å². The molecule has 0 saturated carbocycles. The van der Waals surface area contributed by atoms with Crippen molar-refractivity contribution in [2.24, 2.45) is 11.7 Å². The molecule has 2 rings (SSSR count). The summed E-state index contributed by atoms with van der Waals surface area (Å²) in [5.74, 6) is -0.511. The van der Waals surface area contributed by atoms with E-state index in [9.17, 15) is 17.6 Å². The Balaban J connectivity index is 2.17. The number of halogens is 4. The summed E-state index contributed by atoms with van der Waals surface area (Å²) >= 11 is 0. The summed E-state index contributed by atoms with van der Waals surface area (Å²) in [6.45, 7) is 3.67. The van der Waals surface area contributed by atoms with Crippen LogP contribution in [0.3, 0.4) is 0 Å². The third kappa shape index (κ3) is 3.59. The van der Waals surface area contributed by atoms with Gasteiger partial charge in [-0.15, -0.1) is 0 Å². The third-order valence-corrected chi connectivity index (χ3v) is 3.44. The third-order valence-electron chi connectivity index (χ3n) is 3.44. The Morgan fingerprint density at radius 3 is 2.57 bits per heavy atom. The van der Waals surface area contributed by atoms with Gasteiger partial charge < -0.3 is 16.0 Å². The average molecular weight is 303 g/mol. The van der Waals surface area contributed by atoms with Crippen molar-refractivity contribution < 1.29 is 17.6 Å². The largest absolute Gasteiger partial charge is 0.419 e. The molecule has 0 unspecified atom stereocenters. The van der Waals surface area contributed by atoms with Crippen molar-refractivity contribution >= 4 is 5.69 Å². The molecule has 0 bridgehead atoms. The molecule has 0 fully saturated rings. The minimum atomic E-state index is -4.67. The summed E-state index contributed by atoms with van der Waals surface area (Å²) in [5, 5.41) is 2.98. The molecule has 0 aromatic heterocycles. The van der Waals surface area contributed by atoms with Crippen molar-refractivity contribution in [3.8, 4) is 0 Å². The van der Waals surface area contributed by atoms with E-state index in [1.807, 2.05) is 17.9 Å². The number of nitrogens with two attached hydrogens (primary N) is 1. The van der Waals surface area contributed by atoms with Crippen LogP contribution in [0, 0.1) is 11.7 Å². The number of nitrogens with one attached hydrogen (secondary N) is 1. The topological polar surface area (TPSA) is 41.3 Å². The van der Waals surface area contributed by atoms with Gasteiger partial charge in [-0.2, -0.15) is 13.2 Å². The maximum Gasteiger partial charge on any atom is 0.419 e. The van der Waals surface area contributed by atoms with Crippen LogP contribution in [0.4, 0.5) is 23.2 Å². The summed E-state index contributed by atoms with van der Waals surface area (Å²) in [6, 6.07) is 3.01. The van der Waals surface area contributed by atoms with E-state index < -0.39 is 17.6 Å². The van der Waals surface area contributed by atoms with Crippen molar-refractivity contribution in [3.63, 3.8) is 0 Å². The fourth-order valence-electron chi connectivity index (χ4n) is 2.37. The highest BCUT2D eigenvalue weighted by Gasteiger charge is 2.34. The number of anilines is 1. The molecule has 1 atom stereocenters. The van der Waals surface area contributed by atoms with Gasteiger partial charge in [-0.1, -0.05) is 0 Å². The molecule has 21 heavy (non-hydrogen) atoms. The predicted molar refractivity (Wildman–Crippen MR) is 73.1 cm³/mol. The number of nitrogens with zero attached hydrogens (tertiary/aromatic N) is 1. The van der Waals surface area contributed by atoms with Crippen molar-refractivity contribution in [1.29, 1.82) is 0 Å². The smallest absolute Gasteiger partial charge is 0.386 e. The molecule has 1 aromatic rings. The van der Waals surface area contributed by atoms with E-state index in [0.717, 1.165) is 12.1 Å². The lowest BCUT2D eigenvalue weighted by atomic mass is 10.1. The van der Waals surface area contributed by atoms with Crippen LogP contribution in [0.15, 0.2) is 30.1 Å². The average Bonchev–Trinajstić information content (AvgIpc) is 2.80. The zero-order valence-corrected chi connectivity index (χ0v) is 11.5. The molecule has 0 saturated heterocycles. The van der Waals surface area contributed by atoms with Gasteiger partial charge in [0.15, 0.2) is 0 Å². The van der Waals surface area contributed by atoms with E-state index in [2.05, 4.69) is 5.32 Å². The van der Waals surface area contributed by atoms with E-state index in [4.69, 9.17) is 5.73 Å². The second kappa shape index (κ2) is 5.83. The van der Waals surface area contributed by atoms with Gasteiger partial charge >= 0.3 is 6.18 Å². The Kier molecular flexibility index (Phi) is 4.29. The lowest BCUT2D eigenvalue weighted by Gasteiger charge is -2.26. The SMILES string of the molecule is CCN(C[C@H]1C=C(N)NC1)c1ccc(C(F)(F)F)c(F)c1. The van der Waals surface area contributed by atoms with Crippen LogP contribution >= 0.6 is 0 Å². The summed E-state index contributed by atoms with van der Waals surface area (Å²) in [7, 11) is 0. The molecule has 116 valence electrons. The molecule has 1 heterocycles. The molecular weight excluding hydrogens is 286 g/mol. The first-order chi connectivity index (χ1) is 9.81. The predicted octanol–water partition coefficient (Wildman–Crippen LogP) is 2.69. The summed E-state index contributed by atoms with van der Waals surface area (Å²) < 4.78 is 51.3. The van der Waals surface area contributed by atoms with Crippen LogP contribution in [0.5, 0.6) is 0 Å². The Labute approximate surface area is 120 Å². The molecule has 3 nitrogen and oxygen atoms in total. The van der Waals surface area contributed by atoms with E-state index in [0.29, 0.717) is 31.1 Å². The summed E-state index contributed by atoms with van der Waals surface area (Å²) in [5.41, 5.74) is 4.81. The highest BCUT2D eigenvalue weighted by atomic mass is 19.4. The van der Waals surface area contributed by atoms with Gasteiger partial charge in [-0.05, 0) is 31.2 Å². The molecule has 0 radical (unpaired) electrons. The maximum absolute atomic E-state index is 13.6. The number of rotatable bonds is 4. The van der Waals surface area contributed by atoms with Gasteiger partial charge in [0.05, 0.1) is 11.4 Å². The van der Waals surface area contributed by atoms with Crippen molar-refractivity contribution in [3.05, 3.63) is 41.5 Å². The Morgan fingerprint density at radius 2 is 2.10 bits per heavy atom. The highest BCUT2D eigenvalue weighted by molar-refractivity contribution is 5.49. The molecule has 0 spiro atoms. The monoisotopic (exact) mass is 303 g/mol. The van der Waals surface area contributed by atoms with E-state index in [-0.39, 0.29) is 5.92 Å². The van der Waals surface area contributed by atoms with Crippen LogP contribution in [-0.4, -0.2) is 19.6 Å². The quantitative estimate of drug-likeness (QED) is 0.840. The van der Waals surface area contributed by atoms with Gasteiger partial charge in [-0.3, -0.25) is 0 Å². The number of hydrogen-bond acceptors (Lipinski definition) is 3. The Bertz CT molecular complexity index is 540. The van der Waals surface area contributed by atoms with Crippen LogP contribution in [0.1, 0.15) is 12.5 Å². The molecule has 1 aliphatic heterocycles. The van der Waals surface area contributed by atoms with E-state index in [1.165, 1.54) is 6.07 Å². The van der Waals surface area contributed by atoms with Gasteiger partial charge in [0.25, 0.3) is 0 Å². The fraction of sp³-hybridized carbons (Fsp3) is 0.429. The van der Waals surface area contributed by atoms with E-state index >= 15 is 0 Å². The Morgan fingerprint density at radius 1 is 1.38 bits per heavy atom. The van der Waals surface area contributed by atoms with Crippen molar-refractivity contribution in [2.75, 3.05) is 24.5 Å². The second-order valence-corrected chi connectivity index (χ2v) is 4.96. The minimum Gasteiger partial charge on any atom is -0.386 e. The van der Waals surface area contributed by atoms with E-state index in [1.54, 1.807) is 0 Å². The summed E-state index contributed by atoms with van der Waals surface area (Å²) in [6.07, 6.45) is -2.81. The lowest BCUT2D eigenvalue weighted by Crippen LogP contribution is -2.31. The van der Waals surface area contributed by atoms with Gasteiger partial charge in [0.2, 0.25) is 0 Å². The van der Waals surface area contributed by atoms with Crippen molar-refractivity contribution in [1.82, 2.24) is 5.32 Å². The molecule has 0 amide bonds. The van der Waals surface area contributed by atoms with Crippen molar-refractivity contribution in [2.45, 2.75) is 13.1 Å². The lowest BCUT2D eigenvalue weighted by molar-refractivity contribution is -0.139. The Hall–Kier alpha value is -1.92. The number of hydrogen-bond donors (Lipinski definition) is 2. The molecule has 3 N–H and O–H groups in total. The normalized spacial score (nSPS) is 18.3. The van der Waals surface area contributed by atoms with Crippen LogP contribution in [0.2, 0.25) is 0 Å². The zero-order valence-electron chi connectivity index (χ0n) is 11.5. The van der Waals surface area contributed by atoms with Gasteiger partial charge in [0.1, 0.15) is 5.82 Å². The first-order valence-electron chi connectivity index (χ1n) is 6.64. The highest BCUT2D eigenvalue weighted by Crippen LogP contribution is 2.33. The van der Waals surface area contributed by atoms with Gasteiger partial charge in [0, 0.05) is 31.2 Å². The number of alkyl halides is 3. The second-order valence-electron chi connectivity index (χ2n) is 4.96. The minimum absolute atomic E-state index is 0.148. The molecule has 7 heteroatoms. The summed E-state index contributed by atoms with van der Waals surface area (Å²) in [4.78, 5) is 1.82. The zero-order chi connectivity index (χ0) is 15.6. The molecule has 1 aliphatic rings. The molecule has 1 aromatic carbocycles. The first-order valence-corrected chi connectivity index (χ1v) is 6.64. The number of benzene rings is 1. The first kappa shape index (κ1) is 15.5. The standard InChI is InChI=1S/C14H17F4N3/c1-2-21(8-9-5-13(19)20-7-9)10-3-4-11(12(15)6-10)14(16,17)18/h3-6,9,20H,2,7-8,19H2,1H3/t9-/m0/s1. The molecular formula is C14H17F4N3. The van der Waals surface area contributed by atoms with Gasteiger partial charge in [-0.25, -0.2) is 4.39 Å². The van der Waals surface area contributed by atoms with Crippen LogP contribution < -0.4 is 16.0 Å². The molecule has 0 aliphatic carbocycles.